The van der Waals surface area contributed by atoms with Gasteiger partial charge in [-0.1, -0.05) is 12.2 Å². The van der Waals surface area contributed by atoms with Gasteiger partial charge in [0.15, 0.2) is 0 Å². The normalized spacial score (nSPS) is 36.0. The highest BCUT2D eigenvalue weighted by Gasteiger charge is 2.61. The minimum atomic E-state index is -1.06. The van der Waals surface area contributed by atoms with Crippen LogP contribution in [0.15, 0.2) is 12.2 Å². The number of hydrogen-bond donors (Lipinski definition) is 2. The van der Waals surface area contributed by atoms with Crippen LogP contribution in [-0.2, 0) is 14.3 Å². The number of amides is 3. The highest BCUT2D eigenvalue weighted by Crippen LogP contribution is 2.46. The minimum Gasteiger partial charge on any atom is -0.467 e. The van der Waals surface area contributed by atoms with Crippen molar-refractivity contribution in [3.05, 3.63) is 12.2 Å². The number of fused-ring (bicyclic) bond motifs is 2. The predicted octanol–water partition coefficient (Wildman–Crippen LogP) is 0.652. The second-order valence-corrected chi connectivity index (χ2v) is 7.78. The van der Waals surface area contributed by atoms with Crippen molar-refractivity contribution >= 4 is 17.9 Å². The molecule has 1 saturated heterocycles. The van der Waals surface area contributed by atoms with Gasteiger partial charge in [0, 0.05) is 32.5 Å². The van der Waals surface area contributed by atoms with Gasteiger partial charge in [-0.2, -0.15) is 0 Å². The molecule has 0 radical (unpaired) electrons. The third-order valence-electron chi connectivity index (χ3n) is 5.84. The van der Waals surface area contributed by atoms with E-state index in [0.29, 0.717) is 25.9 Å². The van der Waals surface area contributed by atoms with E-state index in [0.717, 1.165) is 19.3 Å². The maximum atomic E-state index is 13.0. The number of aliphatic hydroxyl groups is 1. The number of ether oxygens (including phenoxy) is 1. The Morgan fingerprint density at radius 2 is 2.11 bits per heavy atom. The van der Waals surface area contributed by atoms with Gasteiger partial charge in [-0.05, 0) is 32.1 Å². The molecule has 8 heteroatoms. The summed E-state index contributed by atoms with van der Waals surface area (Å²) in [4.78, 5) is 41.4. The number of aliphatic hydroxyl groups excluding tert-OH is 1. The van der Waals surface area contributed by atoms with Crippen LogP contribution in [-0.4, -0.2) is 77.7 Å². The third kappa shape index (κ3) is 3.95. The summed E-state index contributed by atoms with van der Waals surface area (Å²) in [5, 5.41) is 12.9. The van der Waals surface area contributed by atoms with E-state index >= 15 is 0 Å². The van der Waals surface area contributed by atoms with Crippen molar-refractivity contribution in [2.75, 3.05) is 27.2 Å². The number of allylic oxidation sites excluding steroid dienone is 1. The molecule has 3 rings (SSSR count). The molecular weight excluding hydrogens is 350 g/mol. The van der Waals surface area contributed by atoms with E-state index in [9.17, 15) is 19.5 Å². The monoisotopic (exact) mass is 379 g/mol. The number of piperidine rings is 1. The second kappa shape index (κ2) is 7.88. The van der Waals surface area contributed by atoms with Crippen molar-refractivity contribution in [2.24, 2.45) is 5.92 Å². The quantitative estimate of drug-likeness (QED) is 0.515. The zero-order chi connectivity index (χ0) is 19.6. The van der Waals surface area contributed by atoms with Crippen molar-refractivity contribution in [1.82, 2.24) is 15.1 Å². The van der Waals surface area contributed by atoms with Gasteiger partial charge >= 0.3 is 12.0 Å². The summed E-state index contributed by atoms with van der Waals surface area (Å²) in [5.41, 5.74) is -1.06. The Bertz CT molecular complexity index is 637. The first-order chi connectivity index (χ1) is 12.9. The van der Waals surface area contributed by atoms with Gasteiger partial charge in [-0.15, -0.1) is 0 Å². The highest BCUT2D eigenvalue weighted by molar-refractivity contribution is 5.95. The molecule has 2 heterocycles. The molecule has 8 nitrogen and oxygen atoms in total. The first-order valence-corrected chi connectivity index (χ1v) is 9.66. The molecule has 0 unspecified atom stereocenters. The molecule has 2 fully saturated rings. The molecule has 0 spiro atoms. The number of rotatable bonds is 1. The Hall–Kier alpha value is -2.09. The zero-order valence-electron chi connectivity index (χ0n) is 16.0. The molecule has 150 valence electrons. The lowest BCUT2D eigenvalue weighted by Gasteiger charge is -2.39. The topological polar surface area (TPSA) is 99.2 Å². The van der Waals surface area contributed by atoms with Gasteiger partial charge in [0.2, 0.25) is 5.91 Å². The van der Waals surface area contributed by atoms with Crippen LogP contribution in [0.4, 0.5) is 4.79 Å². The van der Waals surface area contributed by atoms with Crippen LogP contribution in [0.3, 0.4) is 0 Å². The van der Waals surface area contributed by atoms with Gasteiger partial charge in [0.05, 0.1) is 13.2 Å². The molecule has 2 aliphatic heterocycles. The SMILES string of the molecule is COC(=O)[C@@]12C[C@@H]1/C=C\CCCCN(C)C(=O)N1CC[C@@H](O)C[C@H]1C(=O)N2. The van der Waals surface area contributed by atoms with E-state index in [-0.39, 0.29) is 18.4 Å². The highest BCUT2D eigenvalue weighted by atomic mass is 16.5. The standard InChI is InChI=1S/C19H29N3O5/c1-21-9-6-4-3-5-7-13-12-19(13,17(25)27-2)20-16(24)15-11-14(23)8-10-22(15)18(21)26/h5,7,13-15,23H,3-4,6,8-12H2,1-2H3,(H,20,24)/b7-5-/t13-,14+,15-,19+/m0/s1. The molecule has 2 N–H and O–H groups in total. The van der Waals surface area contributed by atoms with Gasteiger partial charge < -0.3 is 25.0 Å². The summed E-state index contributed by atoms with van der Waals surface area (Å²) in [6.45, 7) is 0.937. The number of hydrogen-bond acceptors (Lipinski definition) is 5. The van der Waals surface area contributed by atoms with Crippen molar-refractivity contribution in [3.8, 4) is 0 Å². The van der Waals surface area contributed by atoms with Crippen molar-refractivity contribution in [3.63, 3.8) is 0 Å². The van der Waals surface area contributed by atoms with E-state index in [1.165, 1.54) is 12.0 Å². The predicted molar refractivity (Wildman–Crippen MR) is 97.7 cm³/mol. The van der Waals surface area contributed by atoms with Crippen LogP contribution >= 0.6 is 0 Å². The first-order valence-electron chi connectivity index (χ1n) is 9.66. The first kappa shape index (κ1) is 19.7. The Morgan fingerprint density at radius 1 is 1.33 bits per heavy atom. The molecule has 27 heavy (non-hydrogen) atoms. The molecule has 4 atom stereocenters. The minimum absolute atomic E-state index is 0.0998. The van der Waals surface area contributed by atoms with Crippen molar-refractivity contribution in [1.29, 1.82) is 0 Å². The lowest BCUT2D eigenvalue weighted by atomic mass is 9.98. The van der Waals surface area contributed by atoms with Crippen LogP contribution in [0.2, 0.25) is 0 Å². The maximum Gasteiger partial charge on any atom is 0.332 e. The number of carbonyl (C=O) groups excluding carboxylic acids is 3. The largest absolute Gasteiger partial charge is 0.467 e. The molecule has 0 aromatic carbocycles. The number of urea groups is 1. The fraction of sp³-hybridized carbons (Fsp3) is 0.737. The molecular formula is C19H29N3O5. The second-order valence-electron chi connectivity index (χ2n) is 7.78. The number of carbonyl (C=O) groups is 3. The average Bonchev–Trinajstić information content (AvgIpc) is 3.35. The summed E-state index contributed by atoms with van der Waals surface area (Å²) >= 11 is 0. The summed E-state index contributed by atoms with van der Waals surface area (Å²) in [6.07, 6.45) is 7.15. The Balaban J connectivity index is 1.87. The van der Waals surface area contributed by atoms with Crippen LogP contribution in [0, 0.1) is 5.92 Å². The lowest BCUT2D eigenvalue weighted by molar-refractivity contribution is -0.147. The lowest BCUT2D eigenvalue weighted by Crippen LogP contribution is -2.60. The van der Waals surface area contributed by atoms with E-state index in [1.807, 2.05) is 12.2 Å². The molecule has 0 aromatic rings. The smallest absolute Gasteiger partial charge is 0.332 e. The van der Waals surface area contributed by atoms with Gasteiger partial charge in [-0.3, -0.25) is 4.79 Å². The van der Waals surface area contributed by atoms with Crippen molar-refractivity contribution in [2.45, 2.75) is 56.2 Å². The number of nitrogens with one attached hydrogen (secondary N) is 1. The van der Waals surface area contributed by atoms with Crippen LogP contribution < -0.4 is 5.32 Å². The van der Waals surface area contributed by atoms with E-state index in [1.54, 1.807) is 11.9 Å². The number of methoxy groups -OCH3 is 1. The Labute approximate surface area is 159 Å². The summed E-state index contributed by atoms with van der Waals surface area (Å²) in [7, 11) is 3.04. The number of esters is 1. The summed E-state index contributed by atoms with van der Waals surface area (Å²) in [6, 6.07) is -1.01. The van der Waals surface area contributed by atoms with Gasteiger partial charge in [0.25, 0.3) is 0 Å². The molecule has 1 saturated carbocycles. The zero-order valence-corrected chi connectivity index (χ0v) is 16.0. The maximum absolute atomic E-state index is 13.0. The van der Waals surface area contributed by atoms with E-state index in [4.69, 9.17) is 4.74 Å². The molecule has 3 aliphatic rings. The van der Waals surface area contributed by atoms with Crippen LogP contribution in [0.25, 0.3) is 0 Å². The van der Waals surface area contributed by atoms with E-state index in [2.05, 4.69) is 5.32 Å². The third-order valence-corrected chi connectivity index (χ3v) is 5.84. The Morgan fingerprint density at radius 3 is 2.85 bits per heavy atom. The molecule has 1 aliphatic carbocycles. The van der Waals surface area contributed by atoms with Crippen molar-refractivity contribution < 1.29 is 24.2 Å². The van der Waals surface area contributed by atoms with Gasteiger partial charge in [-0.25, -0.2) is 9.59 Å². The van der Waals surface area contributed by atoms with Gasteiger partial charge in [0.1, 0.15) is 11.6 Å². The Kier molecular flexibility index (Phi) is 5.74. The average molecular weight is 379 g/mol. The number of nitrogens with zero attached hydrogens (tertiary/aromatic N) is 2. The molecule has 0 bridgehead atoms. The van der Waals surface area contributed by atoms with Crippen LogP contribution in [0.1, 0.15) is 38.5 Å². The summed E-state index contributed by atoms with van der Waals surface area (Å²) in [5.74, 6) is -0.977. The van der Waals surface area contributed by atoms with Crippen LogP contribution in [0.5, 0.6) is 0 Å². The molecule has 0 aromatic heterocycles. The summed E-state index contributed by atoms with van der Waals surface area (Å²) < 4.78 is 4.92. The fourth-order valence-electron chi connectivity index (χ4n) is 4.05. The van der Waals surface area contributed by atoms with E-state index < -0.39 is 29.6 Å². The fourth-order valence-corrected chi connectivity index (χ4v) is 4.05. The molecule has 3 amide bonds.